The fourth-order valence-corrected chi connectivity index (χ4v) is 3.51. The lowest BCUT2D eigenvalue weighted by Gasteiger charge is -2.37. The average molecular weight is 555 g/mol. The summed E-state index contributed by atoms with van der Waals surface area (Å²) in [5.41, 5.74) is 1.29. The number of rotatable bonds is 7. The molecule has 1 aromatic rings. The van der Waals surface area contributed by atoms with Gasteiger partial charge in [0.05, 0.1) is 0 Å². The van der Waals surface area contributed by atoms with Gasteiger partial charge in [0.2, 0.25) is 5.91 Å². The van der Waals surface area contributed by atoms with Crippen molar-refractivity contribution in [3.05, 3.63) is 35.9 Å². The van der Waals surface area contributed by atoms with E-state index < -0.39 is 18.6 Å². The number of benzene rings is 1. The second-order valence-corrected chi connectivity index (χ2v) is 7.60. The van der Waals surface area contributed by atoms with Crippen molar-refractivity contribution in [3.63, 3.8) is 0 Å². The van der Waals surface area contributed by atoms with Gasteiger partial charge in [0.15, 0.2) is 5.96 Å². The number of hydrogen-bond donors (Lipinski definition) is 2. The average Bonchev–Trinajstić information content (AvgIpc) is 2.71. The molecule has 1 atom stereocenters. The van der Waals surface area contributed by atoms with Gasteiger partial charge in [0, 0.05) is 38.8 Å². The van der Waals surface area contributed by atoms with Gasteiger partial charge in [-0.05, 0) is 32.3 Å². The summed E-state index contributed by atoms with van der Waals surface area (Å²) in [5, 5.41) is 6.38. The fourth-order valence-electron chi connectivity index (χ4n) is 3.51. The molecular weight excluding hydrogens is 522 g/mol. The molecule has 0 bridgehead atoms. The van der Waals surface area contributed by atoms with E-state index in [0.717, 1.165) is 33.0 Å². The first-order valence-electron chi connectivity index (χ1n) is 10.3. The summed E-state index contributed by atoms with van der Waals surface area (Å²) in [5.74, 6) is -0.211. The molecule has 1 heterocycles. The van der Waals surface area contributed by atoms with Gasteiger partial charge in [0.1, 0.15) is 13.1 Å². The number of aliphatic imine (C=N–C) groups is 1. The molecule has 0 aliphatic carbocycles. The van der Waals surface area contributed by atoms with Crippen LogP contribution in [-0.4, -0.2) is 73.7 Å². The van der Waals surface area contributed by atoms with Crippen LogP contribution >= 0.6 is 24.0 Å². The number of piperidine rings is 1. The number of amides is 1. The molecule has 1 amide bonds. The van der Waals surface area contributed by atoms with Crippen molar-refractivity contribution < 1.29 is 18.0 Å². The lowest BCUT2D eigenvalue weighted by molar-refractivity contribution is -0.157. The van der Waals surface area contributed by atoms with Crippen LogP contribution in [0.1, 0.15) is 38.3 Å². The first-order chi connectivity index (χ1) is 14.2. The number of carbonyl (C=O) groups excluding carboxylic acids is 1. The minimum absolute atomic E-state index is 0. The van der Waals surface area contributed by atoms with Crippen LogP contribution in [0, 0.1) is 0 Å². The number of halogens is 4. The Morgan fingerprint density at radius 1 is 1.26 bits per heavy atom. The molecule has 10 heteroatoms. The van der Waals surface area contributed by atoms with E-state index in [-0.39, 0.29) is 36.6 Å². The zero-order chi connectivity index (χ0) is 22.1. The topological polar surface area (TPSA) is 60.0 Å². The molecule has 0 spiro atoms. The normalized spacial score (nSPS) is 16.9. The van der Waals surface area contributed by atoms with E-state index in [0.29, 0.717) is 23.4 Å². The lowest BCUT2D eigenvalue weighted by atomic mass is 10.0. The van der Waals surface area contributed by atoms with Crippen molar-refractivity contribution in [2.24, 2.45) is 4.99 Å². The summed E-state index contributed by atoms with van der Waals surface area (Å²) in [6.45, 7) is 4.97. The van der Waals surface area contributed by atoms with Gasteiger partial charge in [-0.2, -0.15) is 13.2 Å². The maximum Gasteiger partial charge on any atom is 0.406 e. The summed E-state index contributed by atoms with van der Waals surface area (Å²) in [6, 6.07) is 10.9. The Bertz CT molecular complexity index is 694. The first-order valence-corrected chi connectivity index (χ1v) is 10.3. The molecule has 1 saturated heterocycles. The van der Waals surface area contributed by atoms with Crippen molar-refractivity contribution in [2.75, 3.05) is 39.8 Å². The molecule has 1 unspecified atom stereocenters. The number of carbonyl (C=O) groups is 1. The Balaban J connectivity index is 0.00000480. The fraction of sp³-hybridized carbons (Fsp3) is 0.619. The van der Waals surface area contributed by atoms with Gasteiger partial charge in [-0.25, -0.2) is 4.99 Å². The van der Waals surface area contributed by atoms with Crippen LogP contribution in [0.2, 0.25) is 0 Å². The van der Waals surface area contributed by atoms with E-state index in [1.54, 1.807) is 0 Å². The van der Waals surface area contributed by atoms with Gasteiger partial charge in [0.25, 0.3) is 0 Å². The molecule has 0 saturated carbocycles. The number of alkyl halides is 3. The smallest absolute Gasteiger partial charge is 0.357 e. The highest BCUT2D eigenvalue weighted by Gasteiger charge is 2.31. The third kappa shape index (κ3) is 9.63. The lowest BCUT2D eigenvalue weighted by Crippen LogP contribution is -2.49. The number of likely N-dealkylation sites (N-methyl/N-ethyl adjacent to an activating group) is 1. The van der Waals surface area contributed by atoms with Crippen molar-refractivity contribution >= 4 is 35.8 Å². The Labute approximate surface area is 199 Å². The van der Waals surface area contributed by atoms with Crippen molar-refractivity contribution in [2.45, 2.75) is 44.9 Å². The highest BCUT2D eigenvalue weighted by molar-refractivity contribution is 14.0. The number of nitrogens with zero attached hydrogens (tertiary/aromatic N) is 3. The number of guanidine groups is 1. The van der Waals surface area contributed by atoms with E-state index in [1.165, 1.54) is 5.56 Å². The Hall–Kier alpha value is -1.56. The van der Waals surface area contributed by atoms with Gasteiger partial charge in [-0.1, -0.05) is 30.3 Å². The maximum absolute atomic E-state index is 12.4. The predicted octanol–water partition coefficient (Wildman–Crippen LogP) is 3.41. The van der Waals surface area contributed by atoms with Gasteiger partial charge < -0.3 is 15.5 Å². The summed E-state index contributed by atoms with van der Waals surface area (Å²) in [6.07, 6.45) is -2.57. The van der Waals surface area contributed by atoms with E-state index in [9.17, 15) is 18.0 Å². The van der Waals surface area contributed by atoms with Crippen LogP contribution in [0.25, 0.3) is 0 Å². The molecule has 1 aliphatic heterocycles. The highest BCUT2D eigenvalue weighted by atomic mass is 127. The largest absolute Gasteiger partial charge is 0.406 e. The number of hydrogen-bond acceptors (Lipinski definition) is 3. The summed E-state index contributed by atoms with van der Waals surface area (Å²) < 4.78 is 37.3. The Kier molecular flexibility index (Phi) is 11.6. The molecule has 1 aliphatic rings. The van der Waals surface area contributed by atoms with Gasteiger partial charge in [-0.3, -0.25) is 9.69 Å². The van der Waals surface area contributed by atoms with E-state index in [4.69, 9.17) is 0 Å². The summed E-state index contributed by atoms with van der Waals surface area (Å²) in [4.78, 5) is 19.2. The third-order valence-corrected chi connectivity index (χ3v) is 5.26. The molecule has 2 N–H and O–H groups in total. The zero-order valence-corrected chi connectivity index (χ0v) is 20.6. The van der Waals surface area contributed by atoms with E-state index >= 15 is 0 Å². The Morgan fingerprint density at radius 2 is 1.87 bits per heavy atom. The monoisotopic (exact) mass is 555 g/mol. The van der Waals surface area contributed by atoms with Crippen molar-refractivity contribution in [1.82, 2.24) is 20.4 Å². The minimum Gasteiger partial charge on any atom is -0.357 e. The second kappa shape index (κ2) is 13.1. The molecule has 1 aromatic carbocycles. The SMILES string of the molecule is CCNC(=NCC(=O)N(C)CC(F)(F)F)NC1CCN(C(C)c2ccccc2)CC1.I. The van der Waals surface area contributed by atoms with E-state index in [2.05, 4.69) is 39.6 Å². The highest BCUT2D eigenvalue weighted by Crippen LogP contribution is 2.24. The molecule has 0 radical (unpaired) electrons. The van der Waals surface area contributed by atoms with Crippen LogP contribution in [0.3, 0.4) is 0 Å². The summed E-state index contributed by atoms with van der Waals surface area (Å²) >= 11 is 0. The van der Waals surface area contributed by atoms with Gasteiger partial charge in [-0.15, -0.1) is 24.0 Å². The molecule has 2 rings (SSSR count). The number of likely N-dealkylation sites (tertiary alicyclic amines) is 1. The molecular formula is C21H33F3IN5O. The zero-order valence-electron chi connectivity index (χ0n) is 18.3. The first kappa shape index (κ1) is 27.5. The Morgan fingerprint density at radius 3 is 2.42 bits per heavy atom. The molecule has 0 aromatic heterocycles. The quantitative estimate of drug-likeness (QED) is 0.308. The van der Waals surface area contributed by atoms with E-state index in [1.807, 2.05) is 25.1 Å². The van der Waals surface area contributed by atoms with Crippen molar-refractivity contribution in [1.29, 1.82) is 0 Å². The summed E-state index contributed by atoms with van der Waals surface area (Å²) in [7, 11) is 1.13. The molecule has 1 fully saturated rings. The molecule has 31 heavy (non-hydrogen) atoms. The molecule has 6 nitrogen and oxygen atoms in total. The maximum atomic E-state index is 12.4. The minimum atomic E-state index is -4.41. The van der Waals surface area contributed by atoms with Crippen LogP contribution in [-0.2, 0) is 4.79 Å². The number of nitrogens with one attached hydrogen (secondary N) is 2. The van der Waals surface area contributed by atoms with Crippen molar-refractivity contribution in [3.8, 4) is 0 Å². The van der Waals surface area contributed by atoms with Crippen LogP contribution < -0.4 is 10.6 Å². The van der Waals surface area contributed by atoms with Crippen LogP contribution in [0.4, 0.5) is 13.2 Å². The van der Waals surface area contributed by atoms with Gasteiger partial charge >= 0.3 is 6.18 Å². The standard InChI is InChI=1S/C21H32F3N5O.HI/c1-4-25-20(26-14-19(30)28(3)15-21(22,23)24)27-18-10-12-29(13-11-18)16(2)17-8-6-5-7-9-17;/h5-9,16,18H,4,10-15H2,1-3H3,(H2,25,26,27);1H. The van der Waals surface area contributed by atoms with Crippen LogP contribution in [0.5, 0.6) is 0 Å². The predicted molar refractivity (Wildman–Crippen MR) is 128 cm³/mol. The van der Waals surface area contributed by atoms with Crippen LogP contribution in [0.15, 0.2) is 35.3 Å². The second-order valence-electron chi connectivity index (χ2n) is 7.60. The third-order valence-electron chi connectivity index (χ3n) is 5.26. The molecule has 176 valence electrons.